The Morgan fingerprint density at radius 3 is 2.75 bits per heavy atom. The van der Waals surface area contributed by atoms with E-state index in [1.54, 1.807) is 0 Å². The van der Waals surface area contributed by atoms with Crippen molar-refractivity contribution < 1.29 is 13.2 Å². The number of hydrogen-bond acceptors (Lipinski definition) is 6. The molecule has 7 nitrogen and oxygen atoms in total. The van der Waals surface area contributed by atoms with Crippen LogP contribution in [0, 0.1) is 0 Å². The van der Waals surface area contributed by atoms with E-state index in [9.17, 15) is 8.42 Å². The van der Waals surface area contributed by atoms with Gasteiger partial charge in [0.15, 0.2) is 9.84 Å². The zero-order valence-corrected chi connectivity index (χ0v) is 15.1. The molecule has 1 aliphatic carbocycles. The fraction of sp³-hybridized carbons (Fsp3) is 0.875. The molecule has 0 bridgehead atoms. The average molecular weight is 354 g/mol. The molecule has 2 saturated heterocycles. The predicted octanol–water partition coefficient (Wildman–Crippen LogP) is 1.35. The van der Waals surface area contributed by atoms with Gasteiger partial charge in [-0.05, 0) is 26.2 Å². The van der Waals surface area contributed by atoms with Crippen molar-refractivity contribution in [2.24, 2.45) is 0 Å². The Labute approximate surface area is 143 Å². The van der Waals surface area contributed by atoms with Crippen LogP contribution in [0.5, 0.6) is 0 Å². The second-order valence-corrected chi connectivity index (χ2v) is 9.59. The molecule has 3 fully saturated rings. The molecule has 0 N–H and O–H groups in total. The van der Waals surface area contributed by atoms with E-state index in [1.165, 1.54) is 12.8 Å². The first-order valence-corrected chi connectivity index (χ1v) is 10.9. The van der Waals surface area contributed by atoms with Crippen LogP contribution in [-0.2, 0) is 21.1 Å². The van der Waals surface area contributed by atoms with Gasteiger partial charge in [0.1, 0.15) is 5.82 Å². The Morgan fingerprint density at radius 1 is 1.29 bits per heavy atom. The van der Waals surface area contributed by atoms with Crippen LogP contribution in [0.25, 0.3) is 0 Å². The third-order valence-corrected chi connectivity index (χ3v) is 7.49. The third-order valence-electron chi connectivity index (χ3n) is 5.72. The summed E-state index contributed by atoms with van der Waals surface area (Å²) in [6.07, 6.45) is 5.38. The summed E-state index contributed by atoms with van der Waals surface area (Å²) < 4.78 is 31.8. The van der Waals surface area contributed by atoms with Crippen LogP contribution in [-0.4, -0.2) is 60.0 Å². The molecule has 1 spiro atoms. The van der Waals surface area contributed by atoms with E-state index in [2.05, 4.69) is 26.6 Å². The van der Waals surface area contributed by atoms with Crippen LogP contribution in [0.15, 0.2) is 0 Å². The largest absolute Gasteiger partial charge is 0.371 e. The summed E-state index contributed by atoms with van der Waals surface area (Å²) in [7, 11) is -2.92. The number of ether oxygens (including phenoxy) is 1. The molecule has 1 saturated carbocycles. The van der Waals surface area contributed by atoms with Gasteiger partial charge in [-0.2, -0.15) is 0 Å². The van der Waals surface area contributed by atoms with Gasteiger partial charge < -0.3 is 9.64 Å². The van der Waals surface area contributed by atoms with Crippen molar-refractivity contribution in [1.29, 1.82) is 0 Å². The molecule has 24 heavy (non-hydrogen) atoms. The lowest BCUT2D eigenvalue weighted by atomic mass is 10.00. The van der Waals surface area contributed by atoms with Gasteiger partial charge in [0.25, 0.3) is 0 Å². The summed E-state index contributed by atoms with van der Waals surface area (Å²) in [4.78, 5) is 2.29. The lowest BCUT2D eigenvalue weighted by molar-refractivity contribution is -0.0507. The minimum atomic E-state index is -2.92. The normalized spacial score (nSPS) is 28.7. The first kappa shape index (κ1) is 16.3. The van der Waals surface area contributed by atoms with Crippen LogP contribution < -0.4 is 4.90 Å². The Morgan fingerprint density at radius 2 is 2.08 bits per heavy atom. The fourth-order valence-electron chi connectivity index (χ4n) is 4.48. The molecule has 3 heterocycles. The molecule has 1 atom stereocenters. The highest BCUT2D eigenvalue weighted by molar-refractivity contribution is 7.91. The van der Waals surface area contributed by atoms with Gasteiger partial charge in [-0.3, -0.25) is 4.57 Å². The molecule has 134 valence electrons. The third kappa shape index (κ3) is 2.83. The van der Waals surface area contributed by atoms with Gasteiger partial charge in [-0.25, -0.2) is 8.42 Å². The van der Waals surface area contributed by atoms with Gasteiger partial charge >= 0.3 is 0 Å². The van der Waals surface area contributed by atoms with Crippen LogP contribution in [0.4, 0.5) is 5.95 Å². The molecule has 0 aromatic carbocycles. The molecule has 3 aliphatic rings. The van der Waals surface area contributed by atoms with Crippen LogP contribution in [0.3, 0.4) is 0 Å². The summed E-state index contributed by atoms with van der Waals surface area (Å²) in [6, 6.07) is 0. The Kier molecular flexibility index (Phi) is 4.07. The van der Waals surface area contributed by atoms with Crippen molar-refractivity contribution in [2.45, 2.75) is 57.1 Å². The van der Waals surface area contributed by atoms with E-state index in [1.807, 2.05) is 0 Å². The summed E-state index contributed by atoms with van der Waals surface area (Å²) in [5, 5.41) is 8.84. The van der Waals surface area contributed by atoms with Crippen molar-refractivity contribution in [3.8, 4) is 0 Å². The number of aromatic nitrogens is 3. The maximum Gasteiger partial charge on any atom is 0.227 e. The smallest absolute Gasteiger partial charge is 0.227 e. The number of morpholine rings is 1. The molecule has 4 rings (SSSR count). The minimum Gasteiger partial charge on any atom is -0.371 e. The van der Waals surface area contributed by atoms with Gasteiger partial charge in [-0.1, -0.05) is 12.8 Å². The predicted molar refractivity (Wildman–Crippen MR) is 91.1 cm³/mol. The van der Waals surface area contributed by atoms with Crippen molar-refractivity contribution in [3.63, 3.8) is 0 Å². The van der Waals surface area contributed by atoms with Gasteiger partial charge in [0.05, 0.1) is 23.7 Å². The second-order valence-electron chi connectivity index (χ2n) is 7.36. The number of nitrogens with zero attached hydrogens (tertiary/aromatic N) is 4. The zero-order valence-electron chi connectivity index (χ0n) is 14.3. The van der Waals surface area contributed by atoms with Crippen molar-refractivity contribution in [1.82, 2.24) is 14.8 Å². The molecule has 1 aromatic heterocycles. The highest BCUT2D eigenvalue weighted by Crippen LogP contribution is 2.37. The van der Waals surface area contributed by atoms with E-state index in [0.29, 0.717) is 6.42 Å². The summed E-state index contributed by atoms with van der Waals surface area (Å²) in [5.41, 5.74) is -0.0143. The van der Waals surface area contributed by atoms with E-state index >= 15 is 0 Å². The van der Waals surface area contributed by atoms with Crippen molar-refractivity contribution in [2.75, 3.05) is 36.1 Å². The second kappa shape index (κ2) is 5.98. The van der Waals surface area contributed by atoms with Crippen molar-refractivity contribution >= 4 is 15.8 Å². The molecular formula is C16H26N4O3S. The first-order chi connectivity index (χ1) is 11.5. The van der Waals surface area contributed by atoms with E-state index < -0.39 is 9.84 Å². The highest BCUT2D eigenvalue weighted by atomic mass is 32.2. The highest BCUT2D eigenvalue weighted by Gasteiger charge is 2.41. The number of rotatable bonds is 3. The van der Waals surface area contributed by atoms with Gasteiger partial charge in [-0.15, -0.1) is 10.2 Å². The van der Waals surface area contributed by atoms with Crippen LogP contribution in [0.1, 0.15) is 50.8 Å². The Bertz CT molecular complexity index is 709. The summed E-state index contributed by atoms with van der Waals surface area (Å²) in [5.74, 6) is 2.17. The quantitative estimate of drug-likeness (QED) is 0.815. The topological polar surface area (TPSA) is 77.3 Å². The molecule has 8 heteroatoms. The molecule has 2 aliphatic heterocycles. The molecule has 1 unspecified atom stereocenters. The zero-order chi connectivity index (χ0) is 16.8. The fourth-order valence-corrected chi connectivity index (χ4v) is 6.22. The standard InChI is InChI=1S/C16H26N4O3S/c1-2-20-14(13-5-10-24(21,22)11-13)17-18-15(20)19-8-9-23-16(12-19)6-3-4-7-16/h13H,2-12H2,1H3. The van der Waals surface area contributed by atoms with Crippen LogP contribution >= 0.6 is 0 Å². The van der Waals surface area contributed by atoms with Gasteiger partial charge in [0, 0.05) is 25.6 Å². The number of hydrogen-bond donors (Lipinski definition) is 0. The first-order valence-electron chi connectivity index (χ1n) is 9.04. The lowest BCUT2D eigenvalue weighted by Crippen LogP contribution is -2.51. The minimum absolute atomic E-state index is 0.0143. The maximum absolute atomic E-state index is 11.8. The Hall–Kier alpha value is -1.15. The monoisotopic (exact) mass is 354 g/mol. The molecular weight excluding hydrogens is 328 g/mol. The summed E-state index contributed by atoms with van der Waals surface area (Å²) in [6.45, 7) is 5.25. The molecule has 0 amide bonds. The van der Waals surface area contributed by atoms with Crippen molar-refractivity contribution in [3.05, 3.63) is 5.82 Å². The molecule has 1 aromatic rings. The van der Waals surface area contributed by atoms with E-state index in [4.69, 9.17) is 4.74 Å². The molecule has 0 radical (unpaired) electrons. The van der Waals surface area contributed by atoms with Crippen LogP contribution in [0.2, 0.25) is 0 Å². The lowest BCUT2D eigenvalue weighted by Gasteiger charge is -2.40. The SMILES string of the molecule is CCn1c(C2CCS(=O)(=O)C2)nnc1N1CCOC2(CCCC2)C1. The Balaban J connectivity index is 1.59. The maximum atomic E-state index is 11.8. The van der Waals surface area contributed by atoms with E-state index in [0.717, 1.165) is 50.9 Å². The number of anilines is 1. The average Bonchev–Trinajstić information content (AvgIpc) is 3.25. The summed E-state index contributed by atoms with van der Waals surface area (Å²) >= 11 is 0. The number of sulfone groups is 1. The van der Waals surface area contributed by atoms with E-state index in [-0.39, 0.29) is 23.0 Å². The van der Waals surface area contributed by atoms with Gasteiger partial charge in [0.2, 0.25) is 5.95 Å².